The van der Waals surface area contributed by atoms with E-state index in [1.54, 1.807) is 0 Å². The molecule has 0 N–H and O–H groups in total. The Morgan fingerprint density at radius 2 is 2.20 bits per heavy atom. The fraction of sp³-hybridized carbons (Fsp3) is 0.500. The molecule has 4 heteroatoms. The molecule has 0 radical (unpaired) electrons. The monoisotopic (exact) mass is 268 g/mol. The highest BCUT2D eigenvalue weighted by molar-refractivity contribution is 9.13. The third-order valence-electron chi connectivity index (χ3n) is 1.19. The minimum atomic E-state index is -0.137. The van der Waals surface area contributed by atoms with E-state index in [1.165, 1.54) is 4.99 Å². The van der Waals surface area contributed by atoms with Gasteiger partial charge in [0.1, 0.15) is 0 Å². The van der Waals surface area contributed by atoms with E-state index in [9.17, 15) is 4.79 Å². The second-order valence-electron chi connectivity index (χ2n) is 2.11. The zero-order valence-electron chi connectivity index (χ0n) is 5.14. The smallest absolute Gasteiger partial charge is 0.314 e. The van der Waals surface area contributed by atoms with Crippen LogP contribution in [-0.2, 0) is 9.53 Å². The summed E-state index contributed by atoms with van der Waals surface area (Å²) in [6.45, 7) is 0. The maximum Gasteiger partial charge on any atom is 0.314 e. The molecule has 0 aromatic rings. The van der Waals surface area contributed by atoms with E-state index in [2.05, 4.69) is 31.9 Å². The van der Waals surface area contributed by atoms with E-state index in [4.69, 9.17) is 4.74 Å². The zero-order chi connectivity index (χ0) is 7.56. The maximum atomic E-state index is 10.9. The van der Waals surface area contributed by atoms with Gasteiger partial charge < -0.3 is 4.74 Å². The van der Waals surface area contributed by atoms with Crippen LogP contribution in [0.4, 0.5) is 0 Å². The standard InChI is InChI=1S/C6H6Br2O2/c7-3-5(8)10-6(9)4-1-2-4/h3-4H,1-2H2/b5-3+. The molecule has 0 amide bonds. The van der Waals surface area contributed by atoms with Crippen molar-refractivity contribution in [1.82, 2.24) is 0 Å². The summed E-state index contributed by atoms with van der Waals surface area (Å²) in [4.78, 5) is 12.4. The van der Waals surface area contributed by atoms with Gasteiger partial charge in [-0.1, -0.05) is 15.9 Å². The van der Waals surface area contributed by atoms with E-state index in [0.29, 0.717) is 4.67 Å². The number of rotatable bonds is 2. The first kappa shape index (κ1) is 8.27. The minimum absolute atomic E-state index is 0.137. The van der Waals surface area contributed by atoms with Crippen molar-refractivity contribution in [3.63, 3.8) is 0 Å². The Balaban J connectivity index is 2.30. The van der Waals surface area contributed by atoms with Gasteiger partial charge >= 0.3 is 5.97 Å². The van der Waals surface area contributed by atoms with Gasteiger partial charge in [0.05, 0.1) is 5.92 Å². The number of halogens is 2. The van der Waals surface area contributed by atoms with E-state index in [1.807, 2.05) is 0 Å². The summed E-state index contributed by atoms with van der Waals surface area (Å²) in [5.41, 5.74) is 0. The highest BCUT2D eigenvalue weighted by Gasteiger charge is 2.31. The molecule has 0 bridgehead atoms. The Hall–Kier alpha value is 0.170. The second kappa shape index (κ2) is 3.53. The van der Waals surface area contributed by atoms with Crippen molar-refractivity contribution >= 4 is 37.8 Å². The van der Waals surface area contributed by atoms with Gasteiger partial charge in [-0.3, -0.25) is 4.79 Å². The number of carbonyl (C=O) groups excluding carboxylic acids is 1. The van der Waals surface area contributed by atoms with Gasteiger partial charge in [-0.05, 0) is 28.8 Å². The number of hydrogen-bond donors (Lipinski definition) is 0. The number of carbonyl (C=O) groups is 1. The fourth-order valence-electron chi connectivity index (χ4n) is 0.521. The lowest BCUT2D eigenvalue weighted by molar-refractivity contribution is -0.139. The van der Waals surface area contributed by atoms with Gasteiger partial charge in [-0.15, -0.1) is 0 Å². The van der Waals surface area contributed by atoms with Crippen molar-refractivity contribution < 1.29 is 9.53 Å². The molecule has 0 unspecified atom stereocenters. The Morgan fingerprint density at radius 3 is 2.60 bits per heavy atom. The van der Waals surface area contributed by atoms with Crippen molar-refractivity contribution in [1.29, 1.82) is 0 Å². The minimum Gasteiger partial charge on any atom is -0.418 e. The van der Waals surface area contributed by atoms with Crippen LogP contribution < -0.4 is 0 Å². The summed E-state index contributed by atoms with van der Waals surface area (Å²) in [6.07, 6.45) is 1.95. The molecule has 0 aromatic carbocycles. The quantitative estimate of drug-likeness (QED) is 0.569. The molecule has 0 heterocycles. The topological polar surface area (TPSA) is 26.3 Å². The van der Waals surface area contributed by atoms with Crippen LogP contribution in [-0.4, -0.2) is 5.97 Å². The maximum absolute atomic E-state index is 10.9. The predicted octanol–water partition coefficient (Wildman–Crippen LogP) is 2.53. The molecule has 0 aromatic heterocycles. The molecule has 2 nitrogen and oxygen atoms in total. The molecule has 56 valence electrons. The summed E-state index contributed by atoms with van der Waals surface area (Å²) < 4.78 is 5.25. The largest absolute Gasteiger partial charge is 0.418 e. The average Bonchev–Trinajstić information content (AvgIpc) is 2.68. The first-order valence-electron chi connectivity index (χ1n) is 2.91. The number of ether oxygens (including phenoxy) is 1. The molecule has 1 rings (SSSR count). The molecular formula is C6H6Br2O2. The van der Waals surface area contributed by atoms with E-state index >= 15 is 0 Å². The van der Waals surface area contributed by atoms with Crippen LogP contribution >= 0.6 is 31.9 Å². The summed E-state index contributed by atoms with van der Waals surface area (Å²) in [6, 6.07) is 0. The van der Waals surface area contributed by atoms with Crippen LogP contribution in [0, 0.1) is 5.92 Å². The molecule has 0 saturated heterocycles. The third kappa shape index (κ3) is 2.42. The normalized spacial score (nSPS) is 18.8. The van der Waals surface area contributed by atoms with E-state index in [0.717, 1.165) is 12.8 Å². The van der Waals surface area contributed by atoms with Crippen molar-refractivity contribution in [3.05, 3.63) is 9.65 Å². The predicted molar refractivity (Wildman–Crippen MR) is 44.8 cm³/mol. The van der Waals surface area contributed by atoms with Crippen LogP contribution in [0.3, 0.4) is 0 Å². The van der Waals surface area contributed by atoms with Crippen LogP contribution in [0.25, 0.3) is 0 Å². The van der Waals surface area contributed by atoms with Gasteiger partial charge in [0.25, 0.3) is 0 Å². The number of esters is 1. The lowest BCUT2D eigenvalue weighted by Gasteiger charge is -1.97. The molecule has 0 atom stereocenters. The highest BCUT2D eigenvalue weighted by atomic mass is 79.9. The van der Waals surface area contributed by atoms with Gasteiger partial charge in [0.2, 0.25) is 0 Å². The molecule has 0 spiro atoms. The lowest BCUT2D eigenvalue weighted by Crippen LogP contribution is -2.02. The first-order chi connectivity index (χ1) is 4.74. The summed E-state index contributed by atoms with van der Waals surface area (Å²) in [7, 11) is 0. The third-order valence-corrected chi connectivity index (χ3v) is 2.62. The Bertz CT molecular complexity index is 173. The van der Waals surface area contributed by atoms with E-state index in [-0.39, 0.29) is 11.9 Å². The van der Waals surface area contributed by atoms with Crippen LogP contribution in [0.1, 0.15) is 12.8 Å². The van der Waals surface area contributed by atoms with Crippen LogP contribution in [0.5, 0.6) is 0 Å². The average molecular weight is 270 g/mol. The SMILES string of the molecule is O=C(O/C(Br)=C/Br)C1CC1. The van der Waals surface area contributed by atoms with Crippen molar-refractivity contribution in [3.8, 4) is 0 Å². The van der Waals surface area contributed by atoms with Gasteiger partial charge in [-0.2, -0.15) is 0 Å². The zero-order valence-corrected chi connectivity index (χ0v) is 8.31. The Kier molecular flexibility index (Phi) is 2.92. The molecule has 1 saturated carbocycles. The lowest BCUT2D eigenvalue weighted by atomic mass is 10.4. The first-order valence-corrected chi connectivity index (χ1v) is 4.62. The van der Waals surface area contributed by atoms with Crippen molar-refractivity contribution in [2.45, 2.75) is 12.8 Å². The van der Waals surface area contributed by atoms with Gasteiger partial charge in [0, 0.05) is 4.99 Å². The van der Waals surface area contributed by atoms with Crippen molar-refractivity contribution in [2.24, 2.45) is 5.92 Å². The number of hydrogen-bond acceptors (Lipinski definition) is 2. The molecule has 10 heavy (non-hydrogen) atoms. The molecule has 1 aliphatic carbocycles. The summed E-state index contributed by atoms with van der Waals surface area (Å²) in [5.74, 6) is 0.0163. The molecule has 1 fully saturated rings. The van der Waals surface area contributed by atoms with Gasteiger partial charge in [0.15, 0.2) is 4.67 Å². The van der Waals surface area contributed by atoms with Crippen LogP contribution in [0.2, 0.25) is 0 Å². The Labute approximate surface area is 75.9 Å². The fourth-order valence-corrected chi connectivity index (χ4v) is 0.774. The molecule has 1 aliphatic rings. The highest BCUT2D eigenvalue weighted by Crippen LogP contribution is 2.31. The van der Waals surface area contributed by atoms with Crippen LogP contribution in [0.15, 0.2) is 9.65 Å². The molecule has 0 aliphatic heterocycles. The van der Waals surface area contributed by atoms with E-state index < -0.39 is 0 Å². The van der Waals surface area contributed by atoms with Gasteiger partial charge in [-0.25, -0.2) is 0 Å². The Morgan fingerprint density at radius 1 is 1.60 bits per heavy atom. The second-order valence-corrected chi connectivity index (χ2v) is 3.35. The van der Waals surface area contributed by atoms with Crippen molar-refractivity contribution in [2.75, 3.05) is 0 Å². The summed E-state index contributed by atoms with van der Waals surface area (Å²) in [5, 5.41) is 0. The summed E-state index contributed by atoms with van der Waals surface area (Å²) >= 11 is 6.07. The molecular weight excluding hydrogens is 264 g/mol.